The van der Waals surface area contributed by atoms with E-state index < -0.39 is 0 Å². The quantitative estimate of drug-likeness (QED) is 0.878. The lowest BCUT2D eigenvalue weighted by Crippen LogP contribution is -2.16. The predicted octanol–water partition coefficient (Wildman–Crippen LogP) is 3.91. The second-order valence-corrected chi connectivity index (χ2v) is 5.65. The number of Topliss-reactive ketones (excluding diaryl/α,β-unsaturated/α-hetero) is 1. The van der Waals surface area contributed by atoms with E-state index in [1.54, 1.807) is 12.1 Å². The van der Waals surface area contributed by atoms with E-state index in [0.717, 1.165) is 11.3 Å². The molecule has 2 aromatic carbocycles. The summed E-state index contributed by atoms with van der Waals surface area (Å²) in [6.45, 7) is 4.62. The lowest BCUT2D eigenvalue weighted by molar-refractivity contribution is -0.116. The van der Waals surface area contributed by atoms with Crippen LogP contribution in [0.25, 0.3) is 0 Å². The zero-order chi connectivity index (χ0) is 15.9. The molecule has 0 atom stereocenters. The average Bonchev–Trinajstić information content (AvgIpc) is 2.54. The van der Waals surface area contributed by atoms with Crippen LogP contribution in [0.15, 0.2) is 48.5 Å². The molecule has 0 spiro atoms. The molecular formula is C19H20N2O. The van der Waals surface area contributed by atoms with Crippen molar-refractivity contribution in [2.75, 3.05) is 11.9 Å². The summed E-state index contributed by atoms with van der Waals surface area (Å²) in [6.07, 6.45) is 0.378. The van der Waals surface area contributed by atoms with Crippen molar-refractivity contribution in [3.8, 4) is 6.07 Å². The zero-order valence-electron chi connectivity index (χ0n) is 13.0. The highest BCUT2D eigenvalue weighted by atomic mass is 16.1. The van der Waals surface area contributed by atoms with Crippen LogP contribution in [0.1, 0.15) is 36.5 Å². The Morgan fingerprint density at radius 2 is 1.73 bits per heavy atom. The molecular weight excluding hydrogens is 272 g/mol. The number of carbonyl (C=O) groups is 1. The minimum absolute atomic E-state index is 0.123. The summed E-state index contributed by atoms with van der Waals surface area (Å²) in [5, 5.41) is 11.9. The van der Waals surface area contributed by atoms with E-state index in [1.165, 1.54) is 5.56 Å². The van der Waals surface area contributed by atoms with Crippen molar-refractivity contribution in [1.82, 2.24) is 0 Å². The van der Waals surface area contributed by atoms with Gasteiger partial charge in [-0.05, 0) is 41.3 Å². The minimum atomic E-state index is 0.123. The van der Waals surface area contributed by atoms with Crippen LogP contribution in [-0.4, -0.2) is 12.3 Å². The van der Waals surface area contributed by atoms with Gasteiger partial charge in [-0.3, -0.25) is 4.79 Å². The third kappa shape index (κ3) is 4.46. The molecule has 0 saturated heterocycles. The second-order valence-electron chi connectivity index (χ2n) is 5.65. The van der Waals surface area contributed by atoms with Crippen LogP contribution in [0.5, 0.6) is 0 Å². The summed E-state index contributed by atoms with van der Waals surface area (Å²) in [5.74, 6) is 0.629. The molecule has 22 heavy (non-hydrogen) atoms. The lowest BCUT2D eigenvalue weighted by Gasteiger charge is -2.09. The van der Waals surface area contributed by atoms with Gasteiger partial charge in [0, 0.05) is 12.1 Å². The maximum atomic E-state index is 12.0. The number of anilines is 1. The third-order valence-electron chi connectivity index (χ3n) is 3.55. The fraction of sp³-hybridized carbons (Fsp3) is 0.263. The Balaban J connectivity index is 1.85. The fourth-order valence-electron chi connectivity index (χ4n) is 2.17. The van der Waals surface area contributed by atoms with Gasteiger partial charge in [-0.15, -0.1) is 0 Å². The number of carbonyl (C=O) groups excluding carboxylic acids is 1. The highest BCUT2D eigenvalue weighted by Crippen LogP contribution is 2.17. The molecule has 3 nitrogen and oxygen atoms in total. The van der Waals surface area contributed by atoms with Crippen LogP contribution in [0, 0.1) is 11.3 Å². The van der Waals surface area contributed by atoms with Crippen LogP contribution < -0.4 is 5.32 Å². The van der Waals surface area contributed by atoms with Crippen LogP contribution in [0.3, 0.4) is 0 Å². The molecule has 0 aliphatic carbocycles. The topological polar surface area (TPSA) is 52.9 Å². The van der Waals surface area contributed by atoms with Gasteiger partial charge in [0.05, 0.1) is 18.2 Å². The summed E-state index contributed by atoms with van der Waals surface area (Å²) in [5.41, 5.74) is 3.78. The Bertz CT molecular complexity index is 664. The number of hydrogen-bond donors (Lipinski definition) is 1. The number of nitrogens with zero attached hydrogens (tertiary/aromatic N) is 1. The van der Waals surface area contributed by atoms with Gasteiger partial charge in [-0.25, -0.2) is 0 Å². The van der Waals surface area contributed by atoms with Crippen molar-refractivity contribution in [2.24, 2.45) is 0 Å². The Morgan fingerprint density at radius 1 is 1.09 bits per heavy atom. The van der Waals surface area contributed by atoms with Gasteiger partial charge >= 0.3 is 0 Å². The first kappa shape index (κ1) is 15.8. The first-order valence-corrected chi connectivity index (χ1v) is 7.43. The number of rotatable bonds is 6. The number of benzene rings is 2. The van der Waals surface area contributed by atoms with Gasteiger partial charge in [-0.1, -0.05) is 38.1 Å². The van der Waals surface area contributed by atoms with Crippen molar-refractivity contribution >= 4 is 11.5 Å². The van der Waals surface area contributed by atoms with Gasteiger partial charge in [0.15, 0.2) is 5.78 Å². The highest BCUT2D eigenvalue weighted by molar-refractivity contribution is 5.85. The molecule has 3 heteroatoms. The number of hydrogen-bond acceptors (Lipinski definition) is 3. The second kappa shape index (κ2) is 7.42. The molecule has 0 saturated carbocycles. The highest BCUT2D eigenvalue weighted by Gasteiger charge is 2.05. The Morgan fingerprint density at radius 3 is 2.27 bits per heavy atom. The van der Waals surface area contributed by atoms with Gasteiger partial charge in [-0.2, -0.15) is 5.26 Å². The maximum absolute atomic E-state index is 12.0. The van der Waals surface area contributed by atoms with Gasteiger partial charge < -0.3 is 5.32 Å². The molecule has 0 aromatic heterocycles. The summed E-state index contributed by atoms with van der Waals surface area (Å²) >= 11 is 0. The average molecular weight is 292 g/mol. The Labute approximate surface area is 131 Å². The largest absolute Gasteiger partial charge is 0.378 e. The number of nitrogens with one attached hydrogen (secondary N) is 1. The van der Waals surface area contributed by atoms with Crippen LogP contribution in [-0.2, 0) is 11.2 Å². The van der Waals surface area contributed by atoms with Crippen LogP contribution >= 0.6 is 0 Å². The Hall–Kier alpha value is -2.60. The first-order valence-electron chi connectivity index (χ1n) is 7.43. The van der Waals surface area contributed by atoms with Gasteiger partial charge in [0.25, 0.3) is 0 Å². The van der Waals surface area contributed by atoms with Crippen LogP contribution in [0.2, 0.25) is 0 Å². The zero-order valence-corrected chi connectivity index (χ0v) is 13.0. The molecule has 1 N–H and O–H groups in total. The van der Waals surface area contributed by atoms with E-state index in [2.05, 4.69) is 37.4 Å². The van der Waals surface area contributed by atoms with Crippen LogP contribution in [0.4, 0.5) is 5.69 Å². The number of nitriles is 1. The summed E-state index contributed by atoms with van der Waals surface area (Å²) in [4.78, 5) is 12.0. The molecule has 0 radical (unpaired) electrons. The van der Waals surface area contributed by atoms with E-state index >= 15 is 0 Å². The van der Waals surface area contributed by atoms with E-state index in [0.29, 0.717) is 24.4 Å². The molecule has 112 valence electrons. The van der Waals surface area contributed by atoms with E-state index in [4.69, 9.17) is 5.26 Å². The van der Waals surface area contributed by atoms with Crippen molar-refractivity contribution in [3.05, 3.63) is 65.2 Å². The molecule has 2 aromatic rings. The van der Waals surface area contributed by atoms with Gasteiger partial charge in [0.1, 0.15) is 0 Å². The van der Waals surface area contributed by atoms with Crippen molar-refractivity contribution in [2.45, 2.75) is 26.2 Å². The maximum Gasteiger partial charge on any atom is 0.156 e. The van der Waals surface area contributed by atoms with Crippen molar-refractivity contribution < 1.29 is 4.79 Å². The normalized spacial score (nSPS) is 10.3. The fourth-order valence-corrected chi connectivity index (χ4v) is 2.17. The third-order valence-corrected chi connectivity index (χ3v) is 3.55. The predicted molar refractivity (Wildman–Crippen MR) is 88.9 cm³/mol. The summed E-state index contributed by atoms with van der Waals surface area (Å²) < 4.78 is 0. The molecule has 0 aliphatic rings. The minimum Gasteiger partial charge on any atom is -0.378 e. The van der Waals surface area contributed by atoms with Crippen molar-refractivity contribution in [1.29, 1.82) is 5.26 Å². The van der Waals surface area contributed by atoms with Crippen molar-refractivity contribution in [3.63, 3.8) is 0 Å². The SMILES string of the molecule is CC(C)c1ccc(NCC(=O)Cc2ccc(C#N)cc2)cc1. The molecule has 0 bridgehead atoms. The molecule has 2 rings (SSSR count). The summed E-state index contributed by atoms with van der Waals surface area (Å²) in [7, 11) is 0. The number of ketones is 1. The van der Waals surface area contributed by atoms with E-state index in [-0.39, 0.29) is 5.78 Å². The summed E-state index contributed by atoms with van der Waals surface area (Å²) in [6, 6.07) is 17.4. The lowest BCUT2D eigenvalue weighted by atomic mass is 10.0. The standard InChI is InChI=1S/C19H20N2O/c1-14(2)17-7-9-18(10-8-17)21-13-19(22)11-15-3-5-16(12-20)6-4-15/h3-10,14,21H,11,13H2,1-2H3. The van der Waals surface area contributed by atoms with Gasteiger partial charge in [0.2, 0.25) is 0 Å². The Kier molecular flexibility index (Phi) is 5.32. The molecule has 0 unspecified atom stereocenters. The smallest absolute Gasteiger partial charge is 0.156 e. The molecule has 0 heterocycles. The molecule has 0 amide bonds. The first-order chi connectivity index (χ1) is 10.6. The monoisotopic (exact) mass is 292 g/mol. The van der Waals surface area contributed by atoms with E-state index in [9.17, 15) is 4.79 Å². The molecule has 0 fully saturated rings. The van der Waals surface area contributed by atoms with E-state index in [1.807, 2.05) is 24.3 Å². The molecule has 0 aliphatic heterocycles.